The van der Waals surface area contributed by atoms with E-state index in [0.717, 1.165) is 58.5 Å². The number of aromatic carboxylic acids is 1. The lowest BCUT2D eigenvalue weighted by Gasteiger charge is -2.21. The second-order valence-corrected chi connectivity index (χ2v) is 11.3. The first-order valence-corrected chi connectivity index (χ1v) is 14.3. The lowest BCUT2D eigenvalue weighted by Crippen LogP contribution is -2.26. The predicted molar refractivity (Wildman–Crippen MR) is 164 cm³/mol. The highest BCUT2D eigenvalue weighted by Gasteiger charge is 2.24. The summed E-state index contributed by atoms with van der Waals surface area (Å²) in [5.41, 5.74) is 5.55. The summed E-state index contributed by atoms with van der Waals surface area (Å²) in [5, 5.41) is 15.3. The fraction of sp³-hybridized carbons (Fsp3) is 0.182. The second kappa shape index (κ2) is 11.9. The molecule has 1 atom stereocenters. The first-order valence-electron chi connectivity index (χ1n) is 13.5. The number of likely N-dealkylation sites (tertiary alicyclic amines) is 1. The third-order valence-electron chi connectivity index (χ3n) is 7.59. The summed E-state index contributed by atoms with van der Waals surface area (Å²) < 4.78 is 0. The lowest BCUT2D eigenvalue weighted by atomic mass is 9.85. The molecule has 0 aliphatic carbocycles. The Balaban J connectivity index is 1.27. The number of halogens is 2. The Morgan fingerprint density at radius 1 is 0.902 bits per heavy atom. The Morgan fingerprint density at radius 3 is 2.27 bits per heavy atom. The van der Waals surface area contributed by atoms with Crippen LogP contribution in [0.2, 0.25) is 10.0 Å². The molecule has 4 aromatic carbocycles. The zero-order chi connectivity index (χ0) is 28.3. The molecule has 1 aromatic heterocycles. The average molecular weight is 584 g/mol. The van der Waals surface area contributed by atoms with Gasteiger partial charge in [0.2, 0.25) is 0 Å². The summed E-state index contributed by atoms with van der Waals surface area (Å²) in [7, 11) is 0. The van der Waals surface area contributed by atoms with E-state index in [9.17, 15) is 9.90 Å². The minimum Gasteiger partial charge on any atom is -0.478 e. The van der Waals surface area contributed by atoms with Crippen LogP contribution in [-0.2, 0) is 6.54 Å². The minimum atomic E-state index is -0.905. The van der Waals surface area contributed by atoms with Crippen LogP contribution >= 0.6 is 23.2 Å². The summed E-state index contributed by atoms with van der Waals surface area (Å²) in [4.78, 5) is 22.9. The Morgan fingerprint density at radius 2 is 1.59 bits per heavy atom. The second-order valence-electron chi connectivity index (χ2n) is 10.4. The molecule has 0 amide bonds. The number of fused-ring (bicyclic) bond motifs is 1. The van der Waals surface area contributed by atoms with Crippen molar-refractivity contribution in [3.8, 4) is 0 Å². The normalized spacial score (nSPS) is 15.4. The molecule has 41 heavy (non-hydrogen) atoms. The SMILES string of the molecule is O=C(O)c1cccc(CN2CCC(Nc3ncnc4ccc(C(c5ccc(Cl)cc5)c5ccc(Cl)cc5)cc34)C2)c1. The average Bonchev–Trinajstić information content (AvgIpc) is 3.42. The largest absolute Gasteiger partial charge is 0.478 e. The maximum absolute atomic E-state index is 11.4. The van der Waals surface area contributed by atoms with Gasteiger partial charge in [-0.25, -0.2) is 14.8 Å². The maximum Gasteiger partial charge on any atom is 0.335 e. The van der Waals surface area contributed by atoms with E-state index in [1.165, 1.54) is 0 Å². The van der Waals surface area contributed by atoms with Gasteiger partial charge in [-0.05, 0) is 77.2 Å². The van der Waals surface area contributed by atoms with Gasteiger partial charge < -0.3 is 10.4 Å². The van der Waals surface area contributed by atoms with E-state index in [1.54, 1.807) is 24.5 Å². The first-order chi connectivity index (χ1) is 19.9. The van der Waals surface area contributed by atoms with Crippen LogP contribution in [0.4, 0.5) is 5.82 Å². The van der Waals surface area contributed by atoms with Gasteiger partial charge in [-0.2, -0.15) is 0 Å². The third-order valence-corrected chi connectivity index (χ3v) is 8.10. The zero-order valence-corrected chi connectivity index (χ0v) is 23.7. The molecule has 206 valence electrons. The fourth-order valence-electron chi connectivity index (χ4n) is 5.60. The third kappa shape index (κ3) is 6.20. The van der Waals surface area contributed by atoms with Crippen LogP contribution in [0.5, 0.6) is 0 Å². The molecule has 6 rings (SSSR count). The van der Waals surface area contributed by atoms with Gasteiger partial charge in [-0.3, -0.25) is 4.90 Å². The number of carboxylic acid groups (broad SMARTS) is 1. The molecular weight excluding hydrogens is 555 g/mol. The molecule has 0 radical (unpaired) electrons. The van der Waals surface area contributed by atoms with Crippen molar-refractivity contribution in [3.63, 3.8) is 0 Å². The van der Waals surface area contributed by atoms with Crippen LogP contribution in [0.1, 0.15) is 45.0 Å². The Labute approximate surface area is 248 Å². The number of anilines is 1. The Bertz CT molecular complexity index is 1650. The zero-order valence-electron chi connectivity index (χ0n) is 22.2. The van der Waals surface area contributed by atoms with Gasteiger partial charge in [-0.1, -0.05) is 65.7 Å². The lowest BCUT2D eigenvalue weighted by molar-refractivity contribution is 0.0696. The number of carbonyl (C=O) groups is 1. The standard InChI is InChI=1S/C33H28Cl2N4O2/c34-26-9-4-22(5-10-26)31(23-6-11-27(35)12-7-23)24-8-13-30-29(17-24)32(37-20-36-30)38-28-14-15-39(19-28)18-21-2-1-3-25(16-21)33(40)41/h1-13,16-17,20,28,31H,14-15,18-19H2,(H,40,41)(H,36,37,38). The van der Waals surface area contributed by atoms with E-state index in [2.05, 4.69) is 56.6 Å². The molecule has 1 aliphatic rings. The van der Waals surface area contributed by atoms with Crippen molar-refractivity contribution in [3.05, 3.63) is 135 Å². The van der Waals surface area contributed by atoms with Crippen molar-refractivity contribution < 1.29 is 9.90 Å². The van der Waals surface area contributed by atoms with Crippen molar-refractivity contribution in [2.75, 3.05) is 18.4 Å². The summed E-state index contributed by atoms with van der Waals surface area (Å²) in [6, 6.07) is 29.6. The molecule has 2 heterocycles. The van der Waals surface area contributed by atoms with Crippen molar-refractivity contribution in [2.24, 2.45) is 0 Å². The molecule has 2 N–H and O–H groups in total. The molecule has 0 bridgehead atoms. The van der Waals surface area contributed by atoms with E-state index in [4.69, 9.17) is 23.2 Å². The van der Waals surface area contributed by atoms with Gasteiger partial charge in [-0.15, -0.1) is 0 Å². The van der Waals surface area contributed by atoms with Crippen molar-refractivity contribution >= 4 is 45.9 Å². The molecule has 0 spiro atoms. The van der Waals surface area contributed by atoms with Crippen LogP contribution in [0.3, 0.4) is 0 Å². The number of nitrogens with one attached hydrogen (secondary N) is 1. The van der Waals surface area contributed by atoms with Crippen LogP contribution in [0.25, 0.3) is 10.9 Å². The van der Waals surface area contributed by atoms with E-state index in [0.29, 0.717) is 22.2 Å². The predicted octanol–water partition coefficient (Wildman–Crippen LogP) is 7.50. The van der Waals surface area contributed by atoms with Gasteiger partial charge in [0.05, 0.1) is 11.1 Å². The van der Waals surface area contributed by atoms with Crippen molar-refractivity contribution in [1.82, 2.24) is 14.9 Å². The van der Waals surface area contributed by atoms with Crippen LogP contribution in [0.15, 0.2) is 97.3 Å². The number of nitrogens with zero attached hydrogens (tertiary/aromatic N) is 3. The number of benzene rings is 4. The quantitative estimate of drug-likeness (QED) is 0.184. The van der Waals surface area contributed by atoms with Crippen LogP contribution in [0, 0.1) is 0 Å². The van der Waals surface area contributed by atoms with Crippen molar-refractivity contribution in [2.45, 2.75) is 24.9 Å². The van der Waals surface area contributed by atoms with Crippen LogP contribution in [-0.4, -0.2) is 45.1 Å². The smallest absolute Gasteiger partial charge is 0.335 e. The molecule has 5 aromatic rings. The van der Waals surface area contributed by atoms with E-state index in [1.807, 2.05) is 36.4 Å². The van der Waals surface area contributed by atoms with Gasteiger partial charge in [0.25, 0.3) is 0 Å². The first kappa shape index (κ1) is 27.2. The number of rotatable bonds is 8. The summed E-state index contributed by atoms with van der Waals surface area (Å²) in [5.74, 6) is -0.120. The number of carboxylic acids is 1. The molecular formula is C33H28Cl2N4O2. The summed E-state index contributed by atoms with van der Waals surface area (Å²) >= 11 is 12.4. The number of hydrogen-bond acceptors (Lipinski definition) is 5. The molecule has 1 unspecified atom stereocenters. The molecule has 8 heteroatoms. The minimum absolute atomic E-state index is 0.0227. The van der Waals surface area contributed by atoms with Gasteiger partial charge in [0, 0.05) is 47.0 Å². The maximum atomic E-state index is 11.4. The number of hydrogen-bond donors (Lipinski definition) is 2. The van der Waals surface area contributed by atoms with E-state index in [-0.39, 0.29) is 12.0 Å². The van der Waals surface area contributed by atoms with Crippen LogP contribution < -0.4 is 5.32 Å². The highest BCUT2D eigenvalue weighted by molar-refractivity contribution is 6.30. The Kier molecular flexibility index (Phi) is 7.88. The van der Waals surface area contributed by atoms with E-state index < -0.39 is 5.97 Å². The highest BCUT2D eigenvalue weighted by atomic mass is 35.5. The molecule has 1 saturated heterocycles. The highest BCUT2D eigenvalue weighted by Crippen LogP contribution is 2.35. The van der Waals surface area contributed by atoms with Gasteiger partial charge in [0.15, 0.2) is 0 Å². The summed E-state index contributed by atoms with van der Waals surface area (Å²) in [6.07, 6.45) is 2.56. The van der Waals surface area contributed by atoms with E-state index >= 15 is 0 Å². The number of aromatic nitrogens is 2. The summed E-state index contributed by atoms with van der Waals surface area (Å²) in [6.45, 7) is 2.46. The molecule has 1 fully saturated rings. The molecule has 1 aliphatic heterocycles. The molecule has 6 nitrogen and oxygen atoms in total. The van der Waals surface area contributed by atoms with Gasteiger partial charge >= 0.3 is 5.97 Å². The van der Waals surface area contributed by atoms with Crippen molar-refractivity contribution in [1.29, 1.82) is 0 Å². The monoisotopic (exact) mass is 582 g/mol. The fourth-order valence-corrected chi connectivity index (χ4v) is 5.86. The Hall–Kier alpha value is -3.97. The molecule has 0 saturated carbocycles. The van der Waals surface area contributed by atoms with Gasteiger partial charge in [0.1, 0.15) is 12.1 Å². The topological polar surface area (TPSA) is 78.4 Å².